The van der Waals surface area contributed by atoms with Gasteiger partial charge in [-0.25, -0.2) is 0 Å². The zero-order valence-electron chi connectivity index (χ0n) is 56.4. The molecular weight excluding hydrogens is 1240 g/mol. The smallest absolute Gasteiger partial charge is 0.290 e. The second kappa shape index (κ2) is 22.4. The van der Waals surface area contributed by atoms with E-state index in [2.05, 4.69) is 0 Å². The Hall–Kier alpha value is -6.78. The molecule has 24 nitrogen and oxygen atoms in total. The fraction of sp³-hybridized carbons (Fsp3) is 0.583. The van der Waals surface area contributed by atoms with Crippen molar-refractivity contribution >= 4 is 0 Å². The Morgan fingerprint density at radius 1 is 0.229 bits per heavy atom. The summed E-state index contributed by atoms with van der Waals surface area (Å²) in [6, 6.07) is 22.0. The number of ether oxygens (including phenoxy) is 12. The van der Waals surface area contributed by atoms with E-state index < -0.39 is 71.3 Å². The van der Waals surface area contributed by atoms with Gasteiger partial charge in [-0.1, -0.05) is 0 Å². The summed E-state index contributed by atoms with van der Waals surface area (Å²) < 4.78 is 77.7. The molecule has 0 amide bonds. The molecule has 0 radical (unpaired) electrons. The van der Waals surface area contributed by atoms with E-state index in [1.165, 1.54) is 0 Å². The van der Waals surface area contributed by atoms with Gasteiger partial charge in [-0.3, -0.25) is 0 Å². The van der Waals surface area contributed by atoms with Gasteiger partial charge in [0, 0.05) is 69.8 Å². The van der Waals surface area contributed by atoms with Crippen molar-refractivity contribution in [3.05, 3.63) is 172 Å². The third kappa shape index (κ3) is 10.8. The molecule has 0 spiro atoms. The summed E-state index contributed by atoms with van der Waals surface area (Å²) in [5, 5.41) is 81.6. The predicted octanol–water partition coefficient (Wildman–Crippen LogP) is 8.69. The molecule has 96 heavy (non-hydrogen) atoms. The van der Waals surface area contributed by atoms with Crippen LogP contribution in [0.5, 0.6) is 0 Å². The van der Waals surface area contributed by atoms with Gasteiger partial charge in [-0.15, -0.1) is 0 Å². The summed E-state index contributed by atoms with van der Waals surface area (Å²) in [7, 11) is 0. The van der Waals surface area contributed by atoms with Crippen molar-refractivity contribution in [3.63, 3.8) is 0 Å². The number of hydrogen-bond acceptors (Lipinski definition) is 18. The average molecular weight is 1320 g/mol. The standard InChI is InChI=1S/3C24H28N2O6/c3*1-23(2)29-17-11-7-13-5-9-15(25(27)19(13)21(17)31-23)16-10-6-14-8-12-18-22(20(14)26(16)28)32-24(3,4)30-18/h3*5-6,9-10,17-18,21-22H,7-8,11-12H2,1-4H3/t3*17-,18-,21-,22-/m000/s1. The Balaban J connectivity index is 0.000000113. The summed E-state index contributed by atoms with van der Waals surface area (Å²) in [5.74, 6) is -4.47. The molecular formula is C72H84N6O18. The van der Waals surface area contributed by atoms with Crippen LogP contribution in [-0.2, 0) is 95.4 Å². The lowest BCUT2D eigenvalue weighted by molar-refractivity contribution is -0.639. The SMILES string of the molecule is CC1(C)O[C@H]2CCc3ccc(-c4ccc5c([n+]4[O-])[C@H]4OC(C)(C)O[C@H]4CC5)[n+]([O-])c3[C@H]2O1.CC1(C)O[C@H]2CCc3ccc(-c4ccc5c([n+]4[O-])[C@H]4OC(C)(C)O[C@H]4CC5)[n+]([O-])c3[C@H]2O1.CC1(C)O[C@H]2CCc3ccc(-c4ccc5c([n+]4[O-])[C@H]4OC(C)(C)O[C@H]4CC5)[n+]([O-])c3[C@H]2O1. The minimum atomic E-state index is -0.744. The average Bonchev–Trinajstić information content (AvgIpc) is 1.33. The second-order valence-electron chi connectivity index (χ2n) is 30.3. The van der Waals surface area contributed by atoms with E-state index in [-0.39, 0.29) is 36.6 Å². The molecule has 18 rings (SSSR count). The first-order chi connectivity index (χ1) is 45.4. The van der Waals surface area contributed by atoms with Crippen LogP contribution in [0.2, 0.25) is 0 Å². The lowest BCUT2D eigenvalue weighted by Gasteiger charge is -2.26. The van der Waals surface area contributed by atoms with E-state index in [0.717, 1.165) is 139 Å². The van der Waals surface area contributed by atoms with E-state index in [4.69, 9.17) is 56.8 Å². The van der Waals surface area contributed by atoms with Crippen LogP contribution in [0.3, 0.4) is 0 Å². The van der Waals surface area contributed by atoms with Gasteiger partial charge >= 0.3 is 0 Å². The molecule has 6 fully saturated rings. The number of nitrogens with zero attached hydrogens (tertiary/aromatic N) is 6. The van der Waals surface area contributed by atoms with Crippen LogP contribution in [0.4, 0.5) is 0 Å². The molecule has 510 valence electrons. The van der Waals surface area contributed by atoms with Gasteiger partial charge in [0.1, 0.15) is 0 Å². The van der Waals surface area contributed by atoms with Gasteiger partial charge in [0.05, 0.1) is 36.6 Å². The predicted molar refractivity (Wildman–Crippen MR) is 336 cm³/mol. The Bertz CT molecular complexity index is 3500. The normalized spacial score (nSPS) is 31.5. The van der Waals surface area contributed by atoms with Crippen molar-refractivity contribution in [1.82, 2.24) is 0 Å². The highest BCUT2D eigenvalue weighted by molar-refractivity contribution is 5.53. The van der Waals surface area contributed by atoms with Crippen LogP contribution >= 0.6 is 0 Å². The second-order valence-corrected chi connectivity index (χ2v) is 30.3. The molecule has 6 aromatic rings. The van der Waals surface area contributed by atoms with Crippen molar-refractivity contribution < 1.29 is 85.2 Å². The molecule has 0 unspecified atom stereocenters. The number of rotatable bonds is 3. The van der Waals surface area contributed by atoms with Crippen molar-refractivity contribution in [1.29, 1.82) is 0 Å². The van der Waals surface area contributed by atoms with Crippen LogP contribution in [0.15, 0.2) is 72.8 Å². The van der Waals surface area contributed by atoms with Crippen molar-refractivity contribution in [2.45, 2.75) is 268 Å². The largest absolute Gasteiger partial charge is 0.618 e. The molecule has 6 saturated heterocycles. The minimum absolute atomic E-state index is 0.164. The summed E-state index contributed by atoms with van der Waals surface area (Å²) in [6.45, 7) is 22.3. The van der Waals surface area contributed by atoms with Crippen LogP contribution in [0.1, 0.15) is 226 Å². The maximum Gasteiger partial charge on any atom is 0.290 e. The van der Waals surface area contributed by atoms with Crippen LogP contribution in [0.25, 0.3) is 34.2 Å². The minimum Gasteiger partial charge on any atom is -0.618 e. The first kappa shape index (κ1) is 63.9. The van der Waals surface area contributed by atoms with Crippen LogP contribution in [0, 0.1) is 31.2 Å². The molecule has 0 saturated carbocycles. The summed E-state index contributed by atoms with van der Waals surface area (Å²) >= 11 is 0. The Labute approximate surface area is 556 Å². The quantitative estimate of drug-likeness (QED) is 0.118. The van der Waals surface area contributed by atoms with Crippen LogP contribution < -0.4 is 28.4 Å². The van der Waals surface area contributed by atoms with Crippen molar-refractivity contribution in [2.75, 3.05) is 0 Å². The highest BCUT2D eigenvalue weighted by Gasteiger charge is 2.56. The molecule has 0 N–H and O–H groups in total. The molecule has 6 aliphatic heterocycles. The number of aryl methyl sites for hydroxylation is 6. The first-order valence-electron chi connectivity index (χ1n) is 34.1. The molecule has 12 aliphatic rings. The van der Waals surface area contributed by atoms with Gasteiger partial charge in [0.15, 0.2) is 71.3 Å². The number of fused-ring (bicyclic) bond motifs is 18. The Morgan fingerprint density at radius 3 is 0.500 bits per heavy atom. The van der Waals surface area contributed by atoms with Crippen LogP contribution in [-0.4, -0.2) is 71.3 Å². The molecule has 24 heteroatoms. The summed E-state index contributed by atoms with van der Waals surface area (Å²) in [5.41, 5.74) is 10.7. The molecule has 0 aromatic carbocycles. The highest BCUT2D eigenvalue weighted by atomic mass is 16.8. The third-order valence-electron chi connectivity index (χ3n) is 20.9. The zero-order chi connectivity index (χ0) is 67.2. The van der Waals surface area contributed by atoms with Gasteiger partial charge in [-0.2, -0.15) is 28.4 Å². The topological polar surface area (TPSA) is 272 Å². The van der Waals surface area contributed by atoms with Gasteiger partial charge < -0.3 is 88.1 Å². The zero-order valence-corrected chi connectivity index (χ0v) is 56.4. The first-order valence-corrected chi connectivity index (χ1v) is 34.1. The van der Waals surface area contributed by atoms with E-state index in [1.54, 1.807) is 36.4 Å². The Kier molecular flexibility index (Phi) is 14.9. The molecule has 0 bridgehead atoms. The summed E-state index contributed by atoms with van der Waals surface area (Å²) in [4.78, 5) is 0. The van der Waals surface area contributed by atoms with E-state index >= 15 is 0 Å². The maximum absolute atomic E-state index is 13.6. The van der Waals surface area contributed by atoms with Crippen molar-refractivity contribution in [3.8, 4) is 34.2 Å². The Morgan fingerprint density at radius 2 is 0.365 bits per heavy atom. The van der Waals surface area contributed by atoms with Gasteiger partial charge in [0.25, 0.3) is 34.2 Å². The van der Waals surface area contributed by atoms with E-state index in [1.807, 2.05) is 119 Å². The van der Waals surface area contributed by atoms with E-state index in [0.29, 0.717) is 68.3 Å². The van der Waals surface area contributed by atoms with Gasteiger partial charge in [0.2, 0.25) is 34.2 Å². The number of aromatic nitrogens is 6. The maximum atomic E-state index is 13.6. The third-order valence-corrected chi connectivity index (χ3v) is 20.9. The molecule has 6 aliphatic carbocycles. The lowest BCUT2D eigenvalue weighted by Crippen LogP contribution is -2.47. The lowest BCUT2D eigenvalue weighted by atomic mass is 9.90. The number of pyridine rings is 6. The fourth-order valence-corrected chi connectivity index (χ4v) is 17.2. The van der Waals surface area contributed by atoms with Gasteiger partial charge in [-0.05, 0) is 197 Å². The summed E-state index contributed by atoms with van der Waals surface area (Å²) in [6.07, 6.45) is 5.61. The molecule has 6 aromatic heterocycles. The fourth-order valence-electron chi connectivity index (χ4n) is 17.2. The molecule has 12 heterocycles. The highest BCUT2D eigenvalue weighted by Crippen LogP contribution is 2.50. The monoisotopic (exact) mass is 1320 g/mol. The number of hydrogen-bond donors (Lipinski definition) is 0. The molecule has 12 atom stereocenters. The van der Waals surface area contributed by atoms with E-state index in [9.17, 15) is 31.2 Å². The van der Waals surface area contributed by atoms with Crippen molar-refractivity contribution in [2.24, 2.45) is 0 Å².